The van der Waals surface area contributed by atoms with Crippen molar-refractivity contribution < 1.29 is 9.66 Å². The van der Waals surface area contributed by atoms with Crippen LogP contribution in [-0.2, 0) is 13.0 Å². The van der Waals surface area contributed by atoms with Gasteiger partial charge in [0.05, 0.1) is 9.40 Å². The van der Waals surface area contributed by atoms with Crippen molar-refractivity contribution in [2.24, 2.45) is 5.73 Å². The van der Waals surface area contributed by atoms with Crippen LogP contribution in [0.4, 0.5) is 5.69 Å². The molecule has 0 spiro atoms. The fourth-order valence-corrected chi connectivity index (χ4v) is 2.39. The summed E-state index contributed by atoms with van der Waals surface area (Å²) >= 11 is 3.38. The minimum Gasteiger partial charge on any atom is -0.449 e. The first-order valence-electron chi connectivity index (χ1n) is 6.48. The highest BCUT2D eigenvalue weighted by atomic mass is 79.9. The van der Waals surface area contributed by atoms with E-state index < -0.39 is 4.92 Å². The molecule has 2 aromatic carbocycles. The van der Waals surface area contributed by atoms with Gasteiger partial charge in [-0.15, -0.1) is 0 Å². The number of halogens is 1. The summed E-state index contributed by atoms with van der Waals surface area (Å²) in [5.74, 6) is 0.734. The van der Waals surface area contributed by atoms with Gasteiger partial charge in [-0.25, -0.2) is 0 Å². The van der Waals surface area contributed by atoms with Gasteiger partial charge in [0.25, 0.3) is 0 Å². The zero-order chi connectivity index (χ0) is 15.4. The summed E-state index contributed by atoms with van der Waals surface area (Å²) in [6, 6.07) is 10.4. The molecule has 2 N–H and O–H groups in total. The van der Waals surface area contributed by atoms with E-state index in [1.54, 1.807) is 12.1 Å². The maximum absolute atomic E-state index is 11.2. The van der Waals surface area contributed by atoms with Gasteiger partial charge in [0.15, 0.2) is 0 Å². The monoisotopic (exact) mass is 350 g/mol. The second-order valence-electron chi connectivity index (χ2n) is 4.48. The Balaban J connectivity index is 2.37. The third-order valence-electron chi connectivity index (χ3n) is 3.08. The van der Waals surface area contributed by atoms with Crippen LogP contribution in [0.15, 0.2) is 40.9 Å². The van der Waals surface area contributed by atoms with E-state index in [0.29, 0.717) is 16.8 Å². The Kier molecular flexibility index (Phi) is 4.93. The zero-order valence-electron chi connectivity index (χ0n) is 11.5. The van der Waals surface area contributed by atoms with Crippen LogP contribution in [0.1, 0.15) is 18.1 Å². The van der Waals surface area contributed by atoms with Gasteiger partial charge < -0.3 is 10.5 Å². The van der Waals surface area contributed by atoms with Gasteiger partial charge >= 0.3 is 5.69 Å². The van der Waals surface area contributed by atoms with Crippen molar-refractivity contribution in [3.63, 3.8) is 0 Å². The molecule has 0 saturated heterocycles. The number of nitrogens with two attached hydrogens (primary N) is 1. The number of hydrogen-bond donors (Lipinski definition) is 1. The van der Waals surface area contributed by atoms with Gasteiger partial charge in [-0.2, -0.15) is 0 Å². The van der Waals surface area contributed by atoms with E-state index in [0.717, 1.165) is 17.5 Å². The second kappa shape index (κ2) is 6.69. The average Bonchev–Trinajstić information content (AvgIpc) is 2.49. The van der Waals surface area contributed by atoms with Crippen LogP contribution in [-0.4, -0.2) is 4.92 Å². The summed E-state index contributed by atoms with van der Waals surface area (Å²) in [5, 5.41) is 11.2. The molecule has 0 saturated carbocycles. The molecule has 0 atom stereocenters. The molecule has 2 aromatic rings. The van der Waals surface area contributed by atoms with Crippen molar-refractivity contribution in [2.45, 2.75) is 19.9 Å². The topological polar surface area (TPSA) is 78.4 Å². The van der Waals surface area contributed by atoms with Crippen LogP contribution in [0, 0.1) is 10.1 Å². The van der Waals surface area contributed by atoms with Crippen LogP contribution >= 0.6 is 15.9 Å². The SMILES string of the molecule is CCc1ccc(Oc2ccc(CN)cc2Br)c([N+](=O)[O-])c1. The number of ether oxygens (including phenoxy) is 1. The van der Waals surface area contributed by atoms with Crippen LogP contribution in [0.5, 0.6) is 11.5 Å². The van der Waals surface area contributed by atoms with E-state index in [-0.39, 0.29) is 11.4 Å². The van der Waals surface area contributed by atoms with E-state index in [2.05, 4.69) is 15.9 Å². The molecule has 6 heteroatoms. The van der Waals surface area contributed by atoms with Crippen molar-refractivity contribution in [1.29, 1.82) is 0 Å². The molecule has 0 amide bonds. The lowest BCUT2D eigenvalue weighted by atomic mass is 10.1. The van der Waals surface area contributed by atoms with Crippen LogP contribution in [0.25, 0.3) is 0 Å². The van der Waals surface area contributed by atoms with Crippen molar-refractivity contribution >= 4 is 21.6 Å². The van der Waals surface area contributed by atoms with Crippen molar-refractivity contribution in [3.05, 3.63) is 62.1 Å². The molecule has 21 heavy (non-hydrogen) atoms. The summed E-state index contributed by atoms with van der Waals surface area (Å²) in [5.41, 5.74) is 7.37. The largest absolute Gasteiger partial charge is 0.449 e. The van der Waals surface area contributed by atoms with E-state index >= 15 is 0 Å². The lowest BCUT2D eigenvalue weighted by Gasteiger charge is -2.10. The number of nitrogens with zero attached hydrogens (tertiary/aromatic N) is 1. The molecule has 0 aliphatic rings. The minimum atomic E-state index is -0.434. The van der Waals surface area contributed by atoms with E-state index in [4.69, 9.17) is 10.5 Å². The molecule has 2 rings (SSSR count). The molecule has 0 unspecified atom stereocenters. The van der Waals surface area contributed by atoms with Crippen molar-refractivity contribution in [3.8, 4) is 11.5 Å². The number of benzene rings is 2. The Morgan fingerprint density at radius 2 is 1.86 bits per heavy atom. The molecular formula is C15H15BrN2O3. The van der Waals surface area contributed by atoms with Crippen molar-refractivity contribution in [2.75, 3.05) is 0 Å². The first kappa shape index (κ1) is 15.5. The molecule has 0 aliphatic carbocycles. The highest BCUT2D eigenvalue weighted by Crippen LogP contribution is 2.36. The molecule has 0 aromatic heterocycles. The quantitative estimate of drug-likeness (QED) is 0.648. The van der Waals surface area contributed by atoms with Crippen LogP contribution in [0.2, 0.25) is 0 Å². The van der Waals surface area contributed by atoms with E-state index in [1.165, 1.54) is 6.07 Å². The van der Waals surface area contributed by atoms with Crippen LogP contribution < -0.4 is 10.5 Å². The summed E-state index contributed by atoms with van der Waals surface area (Å²) in [6.45, 7) is 2.37. The maximum atomic E-state index is 11.2. The van der Waals surface area contributed by atoms with Gasteiger partial charge in [-0.05, 0) is 51.7 Å². The molecule has 0 radical (unpaired) electrons. The minimum absolute atomic E-state index is 0.0378. The predicted molar refractivity (Wildman–Crippen MR) is 84.6 cm³/mol. The van der Waals surface area contributed by atoms with Gasteiger partial charge in [0.1, 0.15) is 5.75 Å². The molecular weight excluding hydrogens is 336 g/mol. The third kappa shape index (κ3) is 3.59. The van der Waals surface area contributed by atoms with Gasteiger partial charge in [0.2, 0.25) is 5.75 Å². The summed E-state index contributed by atoms with van der Waals surface area (Å²) < 4.78 is 6.38. The Morgan fingerprint density at radius 1 is 1.19 bits per heavy atom. The number of nitro groups is 1. The third-order valence-corrected chi connectivity index (χ3v) is 3.70. The molecule has 0 heterocycles. The molecule has 0 fully saturated rings. The van der Waals surface area contributed by atoms with Crippen molar-refractivity contribution in [1.82, 2.24) is 0 Å². The lowest BCUT2D eigenvalue weighted by molar-refractivity contribution is -0.385. The Morgan fingerprint density at radius 3 is 2.43 bits per heavy atom. The summed E-state index contributed by atoms with van der Waals surface area (Å²) in [7, 11) is 0. The van der Waals surface area contributed by atoms with Gasteiger partial charge in [-0.1, -0.05) is 19.1 Å². The molecule has 5 nitrogen and oxygen atoms in total. The summed E-state index contributed by atoms with van der Waals surface area (Å²) in [4.78, 5) is 10.7. The molecule has 0 bridgehead atoms. The Hall–Kier alpha value is -1.92. The van der Waals surface area contributed by atoms with E-state index in [9.17, 15) is 10.1 Å². The Bertz CT molecular complexity index is 674. The number of hydrogen-bond acceptors (Lipinski definition) is 4. The predicted octanol–water partition coefficient (Wildman–Crippen LogP) is 4.17. The molecule has 110 valence electrons. The first-order valence-corrected chi connectivity index (χ1v) is 7.28. The Labute approximate surface area is 131 Å². The fraction of sp³-hybridized carbons (Fsp3) is 0.200. The number of rotatable bonds is 5. The van der Waals surface area contributed by atoms with Gasteiger partial charge in [-0.3, -0.25) is 10.1 Å². The second-order valence-corrected chi connectivity index (χ2v) is 5.34. The molecule has 0 aliphatic heterocycles. The normalized spacial score (nSPS) is 10.4. The van der Waals surface area contributed by atoms with Crippen LogP contribution in [0.3, 0.4) is 0 Å². The highest BCUT2D eigenvalue weighted by molar-refractivity contribution is 9.10. The zero-order valence-corrected chi connectivity index (χ0v) is 13.1. The number of aryl methyl sites for hydroxylation is 1. The fourth-order valence-electron chi connectivity index (χ4n) is 1.88. The highest BCUT2D eigenvalue weighted by Gasteiger charge is 2.17. The first-order chi connectivity index (χ1) is 10.0. The van der Waals surface area contributed by atoms with E-state index in [1.807, 2.05) is 25.1 Å². The van der Waals surface area contributed by atoms with Gasteiger partial charge in [0, 0.05) is 12.6 Å². The lowest BCUT2D eigenvalue weighted by Crippen LogP contribution is -1.98. The maximum Gasteiger partial charge on any atom is 0.311 e. The summed E-state index contributed by atoms with van der Waals surface area (Å²) in [6.07, 6.45) is 0.732. The smallest absolute Gasteiger partial charge is 0.311 e. The standard InChI is InChI=1S/C15H15BrN2O3/c1-2-10-3-6-15(13(8-10)18(19)20)21-14-5-4-11(9-17)7-12(14)16/h3-8H,2,9,17H2,1H3. The number of nitro benzene ring substituents is 1. The average molecular weight is 351 g/mol.